The van der Waals surface area contributed by atoms with E-state index in [0.717, 1.165) is 38.5 Å². The summed E-state index contributed by atoms with van der Waals surface area (Å²) in [5.41, 5.74) is 0. The van der Waals surface area contributed by atoms with Crippen LogP contribution in [0.3, 0.4) is 0 Å². The number of nitrogens with zero attached hydrogens (tertiary/aromatic N) is 1. The van der Waals surface area contributed by atoms with E-state index in [-0.39, 0.29) is 36.2 Å². The van der Waals surface area contributed by atoms with Crippen molar-refractivity contribution in [3.8, 4) is 0 Å². The summed E-state index contributed by atoms with van der Waals surface area (Å²) < 4.78 is 17.5. The lowest BCUT2D eigenvalue weighted by Gasteiger charge is -2.31. The number of carbonyl (C=O) groups is 3. The van der Waals surface area contributed by atoms with Crippen LogP contribution < -0.4 is 0 Å². The van der Waals surface area contributed by atoms with Crippen LogP contribution in [0.15, 0.2) is 0 Å². The van der Waals surface area contributed by atoms with Crippen molar-refractivity contribution in [2.75, 3.05) is 41.0 Å². The highest BCUT2D eigenvalue weighted by Gasteiger charge is 2.31. The quantitative estimate of drug-likeness (QED) is 0.0368. The van der Waals surface area contributed by atoms with Crippen molar-refractivity contribution >= 4 is 17.9 Å². The van der Waals surface area contributed by atoms with Gasteiger partial charge in [0.05, 0.1) is 34.4 Å². The minimum absolute atomic E-state index is 0.0407. The first-order valence-electron chi connectivity index (χ1n) is 30.1. The van der Waals surface area contributed by atoms with E-state index in [4.69, 9.17) is 14.2 Å². The lowest BCUT2D eigenvalue weighted by molar-refractivity contribution is -0.887. The van der Waals surface area contributed by atoms with Crippen LogP contribution in [0.25, 0.3) is 0 Å². The summed E-state index contributed by atoms with van der Waals surface area (Å²) in [5, 5.41) is 9.68. The van der Waals surface area contributed by atoms with Gasteiger partial charge in [0.25, 0.3) is 0 Å². The SMILES string of the molecule is CCCCCCCCCCCCCCCCCCCCCCCCCC(=O)OCC(COCCC(C(=O)O)[N+](C)(C)C)OC(=O)CCCCCCCCCCCCCCCCCCCCCCC. The number of rotatable bonds is 56. The molecule has 2 unspecified atom stereocenters. The summed E-state index contributed by atoms with van der Waals surface area (Å²) in [5.74, 6) is -1.43. The number of esters is 2. The van der Waals surface area contributed by atoms with Crippen molar-refractivity contribution in [2.45, 2.75) is 328 Å². The number of hydrogen-bond donors (Lipinski definition) is 1. The van der Waals surface area contributed by atoms with E-state index in [9.17, 15) is 19.5 Å². The van der Waals surface area contributed by atoms with Gasteiger partial charge in [0.1, 0.15) is 6.61 Å². The Morgan fingerprint density at radius 1 is 0.382 bits per heavy atom. The summed E-state index contributed by atoms with van der Waals surface area (Å²) in [6.07, 6.45) is 58.9. The smallest absolute Gasteiger partial charge is 0.362 e. The fraction of sp³-hybridized carbons (Fsp3) is 0.950. The highest BCUT2D eigenvalue weighted by Crippen LogP contribution is 2.18. The van der Waals surface area contributed by atoms with Crippen molar-refractivity contribution in [1.29, 1.82) is 0 Å². The second-order valence-corrected chi connectivity index (χ2v) is 22.0. The molecule has 0 heterocycles. The van der Waals surface area contributed by atoms with Crippen LogP contribution >= 0.6 is 0 Å². The summed E-state index contributed by atoms with van der Waals surface area (Å²) in [7, 11) is 5.56. The molecule has 0 amide bonds. The van der Waals surface area contributed by atoms with Crippen molar-refractivity contribution in [3.05, 3.63) is 0 Å². The average molecular weight is 966 g/mol. The number of likely N-dealkylation sites (N-methyl/N-ethyl adjacent to an activating group) is 1. The normalized spacial score (nSPS) is 12.7. The Morgan fingerprint density at radius 2 is 0.647 bits per heavy atom. The van der Waals surface area contributed by atoms with Crippen LogP contribution in [-0.4, -0.2) is 80.6 Å². The van der Waals surface area contributed by atoms with E-state index < -0.39 is 18.1 Å². The molecule has 1 N–H and O–H groups in total. The van der Waals surface area contributed by atoms with Gasteiger partial charge in [-0.05, 0) is 12.8 Å². The van der Waals surface area contributed by atoms with Gasteiger partial charge in [0.15, 0.2) is 12.1 Å². The number of quaternary nitrogens is 1. The Balaban J connectivity index is 4.08. The summed E-state index contributed by atoms with van der Waals surface area (Å²) >= 11 is 0. The zero-order chi connectivity index (χ0) is 49.9. The molecule has 0 aromatic rings. The minimum Gasteiger partial charge on any atom is -0.477 e. The number of carboxylic acid groups (broad SMARTS) is 1. The molecule has 2 atom stereocenters. The van der Waals surface area contributed by atoms with E-state index in [1.54, 1.807) is 0 Å². The van der Waals surface area contributed by atoms with E-state index in [1.165, 1.54) is 244 Å². The number of unbranched alkanes of at least 4 members (excludes halogenated alkanes) is 42. The molecule has 0 aliphatic rings. The molecule has 0 saturated carbocycles. The first-order chi connectivity index (χ1) is 33.1. The Morgan fingerprint density at radius 3 is 0.912 bits per heavy atom. The Kier molecular flexibility index (Phi) is 50.4. The first-order valence-corrected chi connectivity index (χ1v) is 30.1. The number of carbonyl (C=O) groups excluding carboxylic acids is 2. The second kappa shape index (κ2) is 51.7. The number of carboxylic acids is 1. The molecule has 0 aliphatic carbocycles. The Hall–Kier alpha value is -1.67. The largest absolute Gasteiger partial charge is 0.477 e. The number of hydrogen-bond acceptors (Lipinski definition) is 6. The maximum Gasteiger partial charge on any atom is 0.362 e. The highest BCUT2D eigenvalue weighted by atomic mass is 16.6. The van der Waals surface area contributed by atoms with Gasteiger partial charge in [-0.1, -0.05) is 284 Å². The molecule has 0 rings (SSSR count). The van der Waals surface area contributed by atoms with Gasteiger partial charge >= 0.3 is 17.9 Å². The molecule has 0 fully saturated rings. The Bertz CT molecular complexity index is 1080. The van der Waals surface area contributed by atoms with Crippen LogP contribution in [0.2, 0.25) is 0 Å². The molecule has 0 aromatic heterocycles. The molecular formula is C60H118NO7+. The maximum absolute atomic E-state index is 12.8. The standard InChI is InChI=1S/C60H117NO7/c1-6-8-10-12-14-16-18-20-22-24-26-28-29-31-32-34-36-38-40-42-44-46-48-50-58(62)67-55-56(54-66-53-52-57(60(64)65)61(3,4)5)68-59(63)51-49-47-45-43-41-39-37-35-33-30-27-25-23-21-19-17-15-13-11-9-7-2/h56-57H,6-55H2,1-5H3/p+1. The van der Waals surface area contributed by atoms with Gasteiger partial charge in [-0.3, -0.25) is 9.59 Å². The minimum atomic E-state index is -0.867. The Labute approximate surface area is 423 Å². The summed E-state index contributed by atoms with van der Waals surface area (Å²) in [6.45, 7) is 4.82. The van der Waals surface area contributed by atoms with Crippen LogP contribution in [0.4, 0.5) is 0 Å². The zero-order valence-electron chi connectivity index (χ0n) is 46.4. The molecule has 0 radical (unpaired) electrons. The van der Waals surface area contributed by atoms with Crippen molar-refractivity contribution < 1.29 is 38.2 Å². The van der Waals surface area contributed by atoms with E-state index >= 15 is 0 Å². The van der Waals surface area contributed by atoms with Crippen LogP contribution in [0.1, 0.15) is 316 Å². The van der Waals surface area contributed by atoms with E-state index in [1.807, 2.05) is 21.1 Å². The van der Waals surface area contributed by atoms with Crippen LogP contribution in [0.5, 0.6) is 0 Å². The third-order valence-corrected chi connectivity index (χ3v) is 14.3. The third-order valence-electron chi connectivity index (χ3n) is 14.3. The van der Waals surface area contributed by atoms with Crippen molar-refractivity contribution in [1.82, 2.24) is 0 Å². The van der Waals surface area contributed by atoms with Crippen LogP contribution in [-0.2, 0) is 28.6 Å². The molecule has 68 heavy (non-hydrogen) atoms. The van der Waals surface area contributed by atoms with Gasteiger partial charge in [-0.15, -0.1) is 0 Å². The monoisotopic (exact) mass is 965 g/mol. The predicted molar refractivity (Wildman–Crippen MR) is 289 cm³/mol. The van der Waals surface area contributed by atoms with Gasteiger partial charge in [-0.2, -0.15) is 0 Å². The zero-order valence-corrected chi connectivity index (χ0v) is 46.4. The predicted octanol–water partition coefficient (Wildman–Crippen LogP) is 18.0. The number of aliphatic carboxylic acids is 1. The van der Waals surface area contributed by atoms with Gasteiger partial charge in [-0.25, -0.2) is 4.79 Å². The molecule has 0 saturated heterocycles. The van der Waals surface area contributed by atoms with E-state index in [0.29, 0.717) is 19.3 Å². The first kappa shape index (κ1) is 66.3. The van der Waals surface area contributed by atoms with E-state index in [2.05, 4.69) is 13.8 Å². The third kappa shape index (κ3) is 49.3. The molecule has 404 valence electrons. The lowest BCUT2D eigenvalue weighted by Crippen LogP contribution is -2.50. The molecular weight excluding hydrogens is 847 g/mol. The lowest BCUT2D eigenvalue weighted by atomic mass is 10.0. The summed E-state index contributed by atoms with van der Waals surface area (Å²) in [4.78, 5) is 37.3. The topological polar surface area (TPSA) is 99.1 Å². The molecule has 0 aliphatic heterocycles. The molecule has 0 bridgehead atoms. The van der Waals surface area contributed by atoms with Gasteiger partial charge < -0.3 is 23.8 Å². The molecule has 8 heteroatoms. The maximum atomic E-state index is 12.8. The highest BCUT2D eigenvalue weighted by molar-refractivity contribution is 5.72. The number of ether oxygens (including phenoxy) is 3. The summed E-state index contributed by atoms with van der Waals surface area (Å²) in [6, 6.07) is -0.610. The second-order valence-electron chi connectivity index (χ2n) is 22.0. The molecule has 0 aromatic carbocycles. The molecule has 0 spiro atoms. The molecule has 8 nitrogen and oxygen atoms in total. The fourth-order valence-electron chi connectivity index (χ4n) is 9.63. The van der Waals surface area contributed by atoms with Crippen molar-refractivity contribution in [2.24, 2.45) is 0 Å². The van der Waals surface area contributed by atoms with Gasteiger partial charge in [0.2, 0.25) is 0 Å². The van der Waals surface area contributed by atoms with Gasteiger partial charge in [0, 0.05) is 19.3 Å². The van der Waals surface area contributed by atoms with Crippen LogP contribution in [0, 0.1) is 0 Å². The average Bonchev–Trinajstić information content (AvgIpc) is 3.30. The van der Waals surface area contributed by atoms with Crippen molar-refractivity contribution in [3.63, 3.8) is 0 Å². The fourth-order valence-corrected chi connectivity index (χ4v) is 9.63.